The van der Waals surface area contributed by atoms with Gasteiger partial charge in [-0.05, 0) is 43.2 Å². The molecule has 0 unspecified atom stereocenters. The van der Waals surface area contributed by atoms with Crippen LogP contribution in [0.25, 0.3) is 5.82 Å². The second-order valence-electron chi connectivity index (χ2n) is 5.91. The van der Waals surface area contributed by atoms with Gasteiger partial charge in [0.15, 0.2) is 5.82 Å². The van der Waals surface area contributed by atoms with Crippen molar-refractivity contribution in [2.24, 2.45) is 0 Å². The molecule has 0 bridgehead atoms. The summed E-state index contributed by atoms with van der Waals surface area (Å²) < 4.78 is 7.05. The summed E-state index contributed by atoms with van der Waals surface area (Å²) in [5.41, 5.74) is 1.58. The summed E-state index contributed by atoms with van der Waals surface area (Å²) in [5, 5.41) is 10.2. The summed E-state index contributed by atoms with van der Waals surface area (Å²) in [4.78, 5) is 20.5. The van der Waals surface area contributed by atoms with Gasteiger partial charge in [-0.1, -0.05) is 0 Å². The zero-order chi connectivity index (χ0) is 17.8. The SMILES string of the molecule is O=C(Nc1ccc(Nc2cc(-n3cccn3)ncn2)cc1)[C@H]1CCCO1. The number of rotatable bonds is 5. The monoisotopic (exact) mass is 350 g/mol. The normalized spacial score (nSPS) is 16.4. The molecule has 3 aromatic rings. The van der Waals surface area contributed by atoms with Crippen LogP contribution in [0.4, 0.5) is 17.2 Å². The Bertz CT molecular complexity index is 873. The molecule has 1 aromatic carbocycles. The molecule has 2 N–H and O–H groups in total. The molecule has 26 heavy (non-hydrogen) atoms. The fourth-order valence-corrected chi connectivity index (χ4v) is 2.74. The molecular formula is C18H18N6O2. The number of benzene rings is 1. The highest BCUT2D eigenvalue weighted by Gasteiger charge is 2.23. The maximum absolute atomic E-state index is 12.1. The van der Waals surface area contributed by atoms with E-state index in [2.05, 4.69) is 25.7 Å². The summed E-state index contributed by atoms with van der Waals surface area (Å²) in [6.07, 6.45) is 6.36. The first-order chi connectivity index (χ1) is 12.8. The molecule has 4 rings (SSSR count). The largest absolute Gasteiger partial charge is 0.368 e. The van der Waals surface area contributed by atoms with E-state index in [1.807, 2.05) is 36.5 Å². The smallest absolute Gasteiger partial charge is 0.253 e. The number of nitrogens with zero attached hydrogens (tertiary/aromatic N) is 4. The molecule has 1 aliphatic heterocycles. The lowest BCUT2D eigenvalue weighted by molar-refractivity contribution is -0.124. The molecule has 0 radical (unpaired) electrons. The minimum Gasteiger partial charge on any atom is -0.368 e. The highest BCUT2D eigenvalue weighted by atomic mass is 16.5. The Morgan fingerprint density at radius 3 is 2.77 bits per heavy atom. The van der Waals surface area contributed by atoms with Crippen molar-refractivity contribution in [2.45, 2.75) is 18.9 Å². The Kier molecular flexibility index (Phi) is 4.57. The molecule has 132 valence electrons. The maximum Gasteiger partial charge on any atom is 0.253 e. The summed E-state index contributed by atoms with van der Waals surface area (Å²) in [7, 11) is 0. The van der Waals surface area contributed by atoms with E-state index in [0.29, 0.717) is 18.2 Å². The Morgan fingerprint density at radius 2 is 2.04 bits per heavy atom. The lowest BCUT2D eigenvalue weighted by atomic mass is 10.2. The average molecular weight is 350 g/mol. The zero-order valence-electron chi connectivity index (χ0n) is 14.0. The van der Waals surface area contributed by atoms with E-state index in [1.54, 1.807) is 16.9 Å². The van der Waals surface area contributed by atoms with E-state index in [-0.39, 0.29) is 12.0 Å². The molecule has 1 atom stereocenters. The van der Waals surface area contributed by atoms with Crippen molar-refractivity contribution >= 4 is 23.1 Å². The molecule has 1 amide bonds. The van der Waals surface area contributed by atoms with Crippen LogP contribution >= 0.6 is 0 Å². The third kappa shape index (κ3) is 3.70. The summed E-state index contributed by atoms with van der Waals surface area (Å²) in [5.74, 6) is 1.23. The van der Waals surface area contributed by atoms with Crippen molar-refractivity contribution in [1.29, 1.82) is 0 Å². The van der Waals surface area contributed by atoms with Crippen molar-refractivity contribution in [3.63, 3.8) is 0 Å². The Labute approximate surface area is 150 Å². The summed E-state index contributed by atoms with van der Waals surface area (Å²) >= 11 is 0. The molecule has 1 fully saturated rings. The molecule has 3 heterocycles. The van der Waals surface area contributed by atoms with Gasteiger partial charge in [0.1, 0.15) is 18.2 Å². The zero-order valence-corrected chi connectivity index (χ0v) is 14.0. The fraction of sp³-hybridized carbons (Fsp3) is 0.222. The quantitative estimate of drug-likeness (QED) is 0.734. The number of hydrogen-bond donors (Lipinski definition) is 2. The van der Waals surface area contributed by atoms with Gasteiger partial charge in [0.2, 0.25) is 0 Å². The van der Waals surface area contributed by atoms with Crippen LogP contribution in [0.2, 0.25) is 0 Å². The van der Waals surface area contributed by atoms with Crippen LogP contribution in [-0.2, 0) is 9.53 Å². The highest BCUT2D eigenvalue weighted by molar-refractivity contribution is 5.94. The van der Waals surface area contributed by atoms with Crippen molar-refractivity contribution in [1.82, 2.24) is 19.7 Å². The third-order valence-corrected chi connectivity index (χ3v) is 4.04. The number of carbonyl (C=O) groups is 1. The van der Waals surface area contributed by atoms with Crippen LogP contribution < -0.4 is 10.6 Å². The Morgan fingerprint density at radius 1 is 1.19 bits per heavy atom. The van der Waals surface area contributed by atoms with Gasteiger partial charge in [0.25, 0.3) is 5.91 Å². The van der Waals surface area contributed by atoms with Gasteiger partial charge in [0, 0.05) is 36.4 Å². The minimum absolute atomic E-state index is 0.0946. The highest BCUT2D eigenvalue weighted by Crippen LogP contribution is 2.20. The van der Waals surface area contributed by atoms with Crippen molar-refractivity contribution < 1.29 is 9.53 Å². The van der Waals surface area contributed by atoms with E-state index in [0.717, 1.165) is 24.2 Å². The van der Waals surface area contributed by atoms with Gasteiger partial charge in [-0.25, -0.2) is 14.6 Å². The third-order valence-electron chi connectivity index (χ3n) is 4.04. The molecule has 1 saturated heterocycles. The number of hydrogen-bond acceptors (Lipinski definition) is 6. The summed E-state index contributed by atoms with van der Waals surface area (Å²) in [6, 6.07) is 11.1. The molecule has 8 heteroatoms. The van der Waals surface area contributed by atoms with E-state index in [1.165, 1.54) is 6.33 Å². The first-order valence-corrected chi connectivity index (χ1v) is 8.39. The maximum atomic E-state index is 12.1. The molecule has 1 aliphatic rings. The molecular weight excluding hydrogens is 332 g/mol. The van der Waals surface area contributed by atoms with Gasteiger partial charge in [-0.15, -0.1) is 0 Å². The number of amides is 1. The van der Waals surface area contributed by atoms with Gasteiger partial charge in [-0.2, -0.15) is 5.10 Å². The standard InChI is InChI=1S/C18H18N6O2/c25-18(15-3-1-10-26-15)23-14-6-4-13(5-7-14)22-16-11-17(20-12-19-16)24-9-2-8-21-24/h2,4-9,11-12,15H,1,3,10H2,(H,23,25)(H,19,20,22)/t15-/m1/s1. The first-order valence-electron chi connectivity index (χ1n) is 8.39. The lowest BCUT2D eigenvalue weighted by Crippen LogP contribution is -2.26. The molecule has 0 spiro atoms. The molecule has 8 nitrogen and oxygen atoms in total. The van der Waals surface area contributed by atoms with E-state index < -0.39 is 0 Å². The number of anilines is 3. The van der Waals surface area contributed by atoms with E-state index >= 15 is 0 Å². The van der Waals surface area contributed by atoms with Gasteiger partial charge >= 0.3 is 0 Å². The number of aromatic nitrogens is 4. The van der Waals surface area contributed by atoms with Crippen molar-refractivity contribution in [3.05, 3.63) is 55.1 Å². The second-order valence-corrected chi connectivity index (χ2v) is 5.91. The predicted molar refractivity (Wildman–Crippen MR) is 96.5 cm³/mol. The Hall–Kier alpha value is -3.26. The van der Waals surface area contributed by atoms with Gasteiger partial charge in [0.05, 0.1) is 0 Å². The number of ether oxygens (including phenoxy) is 1. The van der Waals surface area contributed by atoms with Crippen LogP contribution in [0.3, 0.4) is 0 Å². The van der Waals surface area contributed by atoms with Crippen LogP contribution in [0.1, 0.15) is 12.8 Å². The number of nitrogens with one attached hydrogen (secondary N) is 2. The predicted octanol–water partition coefficient (Wildman–Crippen LogP) is 2.52. The van der Waals surface area contributed by atoms with E-state index in [9.17, 15) is 4.79 Å². The number of carbonyl (C=O) groups excluding carboxylic acids is 1. The lowest BCUT2D eigenvalue weighted by Gasteiger charge is -2.11. The van der Waals surface area contributed by atoms with Crippen molar-refractivity contribution in [2.75, 3.05) is 17.2 Å². The molecule has 0 aliphatic carbocycles. The van der Waals surface area contributed by atoms with Crippen LogP contribution in [-0.4, -0.2) is 38.4 Å². The Balaban J connectivity index is 1.41. The van der Waals surface area contributed by atoms with Crippen molar-refractivity contribution in [3.8, 4) is 5.82 Å². The average Bonchev–Trinajstić information content (AvgIpc) is 3.38. The van der Waals surface area contributed by atoms with Crippen LogP contribution in [0, 0.1) is 0 Å². The topological polar surface area (TPSA) is 94.0 Å². The first kappa shape index (κ1) is 16.2. The summed E-state index contributed by atoms with van der Waals surface area (Å²) in [6.45, 7) is 0.653. The van der Waals surface area contributed by atoms with E-state index in [4.69, 9.17) is 4.74 Å². The van der Waals surface area contributed by atoms with Crippen LogP contribution in [0.5, 0.6) is 0 Å². The molecule has 2 aromatic heterocycles. The van der Waals surface area contributed by atoms with Crippen LogP contribution in [0.15, 0.2) is 55.1 Å². The second kappa shape index (κ2) is 7.32. The fourth-order valence-electron chi connectivity index (χ4n) is 2.74. The van der Waals surface area contributed by atoms with Gasteiger partial charge in [-0.3, -0.25) is 4.79 Å². The molecule has 0 saturated carbocycles. The van der Waals surface area contributed by atoms with Gasteiger partial charge < -0.3 is 15.4 Å². The minimum atomic E-state index is -0.338.